The Morgan fingerprint density at radius 3 is 1.88 bits per heavy atom. The van der Waals surface area contributed by atoms with E-state index >= 15 is 0 Å². The van der Waals surface area contributed by atoms with E-state index in [1.54, 1.807) is 7.11 Å². The Labute approximate surface area is 208 Å². The first-order valence-electron chi connectivity index (χ1n) is 11.4. The Kier molecular flexibility index (Phi) is 6.58. The summed E-state index contributed by atoms with van der Waals surface area (Å²) in [6.07, 6.45) is 4.18. The van der Waals surface area contributed by atoms with E-state index in [9.17, 15) is 0 Å². The number of imidazole rings is 1. The van der Waals surface area contributed by atoms with Crippen LogP contribution in [0.1, 0.15) is 39.2 Å². The maximum atomic E-state index is 5.98. The van der Waals surface area contributed by atoms with Crippen molar-refractivity contribution in [3.63, 3.8) is 0 Å². The van der Waals surface area contributed by atoms with Gasteiger partial charge in [0.1, 0.15) is 29.5 Å². The molecule has 0 unspecified atom stereocenters. The summed E-state index contributed by atoms with van der Waals surface area (Å²) >= 11 is 5.98. The summed E-state index contributed by atoms with van der Waals surface area (Å²) in [7, 11) is 1.66. The van der Waals surface area contributed by atoms with Crippen LogP contribution in [0.3, 0.4) is 0 Å². The molecular weight excluding hydrogens is 438 g/mol. The van der Waals surface area contributed by atoms with Gasteiger partial charge in [-0.3, -0.25) is 4.99 Å². The molecule has 0 aliphatic rings. The van der Waals surface area contributed by atoms with Gasteiger partial charge in [-0.2, -0.15) is 9.13 Å². The molecule has 0 saturated heterocycles. The summed E-state index contributed by atoms with van der Waals surface area (Å²) in [6.45, 7) is 12.8. The fourth-order valence-corrected chi connectivity index (χ4v) is 5.19. The number of rotatable bonds is 5. The minimum absolute atomic E-state index is 0.522. The van der Waals surface area contributed by atoms with E-state index in [1.165, 1.54) is 33.4 Å². The van der Waals surface area contributed by atoms with Gasteiger partial charge in [0.15, 0.2) is 0 Å². The van der Waals surface area contributed by atoms with E-state index in [2.05, 4.69) is 87.3 Å². The predicted molar refractivity (Wildman–Crippen MR) is 142 cm³/mol. The van der Waals surface area contributed by atoms with Crippen LogP contribution in [0.4, 0.5) is 5.69 Å². The Bertz CT molecular complexity index is 1280. The van der Waals surface area contributed by atoms with Crippen molar-refractivity contribution in [1.29, 1.82) is 0 Å². The number of nitrogens with zero attached hydrogens (tertiary/aromatic N) is 3. The Hall–Kier alpha value is -3.44. The molecular formula is C29H31N3OS. The quantitative estimate of drug-likeness (QED) is 0.150. The highest BCUT2D eigenvalue weighted by Crippen LogP contribution is 2.25. The van der Waals surface area contributed by atoms with Crippen molar-refractivity contribution in [3.05, 3.63) is 100 Å². The second-order valence-electron chi connectivity index (χ2n) is 8.97. The second-order valence-corrected chi connectivity index (χ2v) is 9.36. The lowest BCUT2D eigenvalue weighted by atomic mass is 10.0. The van der Waals surface area contributed by atoms with E-state index in [0.29, 0.717) is 5.04 Å². The van der Waals surface area contributed by atoms with Crippen LogP contribution >= 0.6 is 0 Å². The smallest absolute Gasteiger partial charge is 0.290 e. The molecule has 34 heavy (non-hydrogen) atoms. The molecule has 1 heterocycles. The van der Waals surface area contributed by atoms with Gasteiger partial charge in [0, 0.05) is 5.04 Å². The molecule has 0 N–H and O–H groups in total. The molecule has 0 radical (unpaired) electrons. The third-order valence-corrected chi connectivity index (χ3v) is 6.34. The Morgan fingerprint density at radius 1 is 0.824 bits per heavy atom. The number of hydrogen-bond acceptors (Lipinski definition) is 3. The van der Waals surface area contributed by atoms with Crippen LogP contribution in [0.25, 0.3) is 11.4 Å². The average Bonchev–Trinajstić information content (AvgIpc) is 3.17. The monoisotopic (exact) mass is 469 g/mol. The third-order valence-electron chi connectivity index (χ3n) is 6.07. The molecule has 5 heteroatoms. The molecule has 4 rings (SSSR count). The summed E-state index contributed by atoms with van der Waals surface area (Å²) in [5, 5.41) is 0.522. The molecule has 1 aromatic heterocycles. The molecule has 174 valence electrons. The summed E-state index contributed by atoms with van der Waals surface area (Å²) in [6, 6.07) is 16.5. The van der Waals surface area contributed by atoms with E-state index in [-0.39, 0.29) is 0 Å². The van der Waals surface area contributed by atoms with Crippen molar-refractivity contribution in [2.45, 2.75) is 41.5 Å². The number of hydrogen-bond donors (Lipinski definition) is 0. The van der Waals surface area contributed by atoms with Gasteiger partial charge in [-0.1, -0.05) is 35.4 Å². The molecule has 4 nitrogen and oxygen atoms in total. The first kappa shape index (κ1) is 23.7. The molecule has 0 aliphatic heterocycles. The van der Waals surface area contributed by atoms with Crippen molar-refractivity contribution in [1.82, 2.24) is 4.57 Å². The third kappa shape index (κ3) is 4.48. The van der Waals surface area contributed by atoms with Crippen LogP contribution in [0.15, 0.2) is 65.9 Å². The van der Waals surface area contributed by atoms with Crippen LogP contribution in [-0.2, 0) is 12.6 Å². The van der Waals surface area contributed by atoms with Gasteiger partial charge in [0.25, 0.3) is 5.82 Å². The van der Waals surface area contributed by atoms with Gasteiger partial charge in [0.2, 0.25) is 0 Å². The zero-order valence-corrected chi connectivity index (χ0v) is 21.7. The second kappa shape index (κ2) is 9.43. The van der Waals surface area contributed by atoms with Gasteiger partial charge in [-0.25, -0.2) is 0 Å². The van der Waals surface area contributed by atoms with E-state index < -0.39 is 0 Å². The molecule has 0 spiro atoms. The Morgan fingerprint density at radius 2 is 1.35 bits per heavy atom. The number of benzene rings is 3. The van der Waals surface area contributed by atoms with Gasteiger partial charge in [-0.05, 0) is 88.1 Å². The average molecular weight is 470 g/mol. The molecule has 0 bridgehead atoms. The fourth-order valence-electron chi connectivity index (χ4n) is 4.89. The molecule has 0 aliphatic carbocycles. The van der Waals surface area contributed by atoms with Crippen molar-refractivity contribution < 1.29 is 9.30 Å². The van der Waals surface area contributed by atoms with Crippen LogP contribution in [-0.4, -0.2) is 16.7 Å². The number of ether oxygens (including phenoxy) is 1. The zero-order valence-electron chi connectivity index (χ0n) is 20.9. The van der Waals surface area contributed by atoms with E-state index in [0.717, 1.165) is 28.6 Å². The highest BCUT2D eigenvalue weighted by Gasteiger charge is 2.25. The fraction of sp³-hybridized carbons (Fsp3) is 0.241. The maximum Gasteiger partial charge on any atom is 0.290 e. The predicted octanol–water partition coefficient (Wildman–Crippen LogP) is 6.24. The van der Waals surface area contributed by atoms with E-state index in [1.807, 2.05) is 24.3 Å². The highest BCUT2D eigenvalue weighted by atomic mass is 32.1. The van der Waals surface area contributed by atoms with Crippen molar-refractivity contribution in [3.8, 4) is 17.1 Å². The topological polar surface area (TPSA) is 30.4 Å². The van der Waals surface area contributed by atoms with Crippen molar-refractivity contribution in [2.24, 2.45) is 4.99 Å². The first-order valence-corrected chi connectivity index (χ1v) is 11.8. The SMILES string of the molecule is COc1ccc(N=C([S-])c2n(-c3c(C)cc(C)cc3C)cc[n+]2-c2c(C)cc(C)cc2C)cc1. The molecule has 0 saturated carbocycles. The molecule has 0 fully saturated rings. The van der Waals surface area contributed by atoms with Crippen LogP contribution in [0.5, 0.6) is 5.75 Å². The van der Waals surface area contributed by atoms with Crippen LogP contribution < -0.4 is 9.30 Å². The normalized spacial score (nSPS) is 11.7. The van der Waals surface area contributed by atoms with Crippen LogP contribution in [0, 0.1) is 41.5 Å². The van der Waals surface area contributed by atoms with Gasteiger partial charge in [0.05, 0.1) is 12.8 Å². The van der Waals surface area contributed by atoms with Crippen molar-refractivity contribution >= 4 is 23.4 Å². The standard InChI is InChI=1S/C29H31N3OS/c1-18-14-20(3)26(21(4)15-18)31-12-13-32(27-22(5)16-19(2)17-23(27)6)29(31)28(34)30-24-8-10-25(33-7)11-9-24/h8-17H,1-7H3. The lowest BCUT2D eigenvalue weighted by Gasteiger charge is -2.16. The van der Waals surface area contributed by atoms with Gasteiger partial charge >= 0.3 is 0 Å². The number of aryl methyl sites for hydroxylation is 6. The summed E-state index contributed by atoms with van der Waals surface area (Å²) in [5.41, 5.74) is 10.4. The first-order chi connectivity index (χ1) is 16.2. The van der Waals surface area contributed by atoms with E-state index in [4.69, 9.17) is 22.4 Å². The highest BCUT2D eigenvalue weighted by molar-refractivity contribution is 7.78. The summed E-state index contributed by atoms with van der Waals surface area (Å²) in [5.74, 6) is 1.65. The largest absolute Gasteiger partial charge is 0.752 e. The lowest BCUT2D eigenvalue weighted by molar-refractivity contribution is -0.596. The molecule has 4 aromatic rings. The zero-order chi connectivity index (χ0) is 24.6. The summed E-state index contributed by atoms with van der Waals surface area (Å²) < 4.78 is 9.65. The number of methoxy groups -OCH3 is 1. The molecule has 0 amide bonds. The minimum atomic E-state index is 0.522. The van der Waals surface area contributed by atoms with Gasteiger partial charge < -0.3 is 17.4 Å². The Balaban J connectivity index is 1.99. The lowest BCUT2D eigenvalue weighted by Crippen LogP contribution is -2.38. The molecule has 0 atom stereocenters. The number of aromatic nitrogens is 2. The van der Waals surface area contributed by atoms with Crippen LogP contribution in [0.2, 0.25) is 0 Å². The summed E-state index contributed by atoms with van der Waals surface area (Å²) in [4.78, 5) is 4.84. The van der Waals surface area contributed by atoms with Crippen molar-refractivity contribution in [2.75, 3.05) is 7.11 Å². The number of aliphatic imine (C=N–C) groups is 1. The minimum Gasteiger partial charge on any atom is -0.752 e. The molecule has 3 aromatic carbocycles. The van der Waals surface area contributed by atoms with Gasteiger partial charge in [-0.15, -0.1) is 0 Å². The maximum absolute atomic E-state index is 5.98.